The highest BCUT2D eigenvalue weighted by atomic mass is 16.6. The third kappa shape index (κ3) is 41.0. The number of nitrogens with zero attached hydrogens (tertiary/aromatic N) is 1. The van der Waals surface area contributed by atoms with Crippen molar-refractivity contribution in [2.45, 2.75) is 44.2 Å². The maximum absolute atomic E-state index is 13.2. The Balaban J connectivity index is 1.27. The zero-order valence-corrected chi connectivity index (χ0v) is 47.0. The summed E-state index contributed by atoms with van der Waals surface area (Å²) in [5, 5.41) is 32.3. The van der Waals surface area contributed by atoms with Gasteiger partial charge in [0, 0.05) is 37.1 Å². The van der Waals surface area contributed by atoms with Gasteiger partial charge >= 0.3 is 5.97 Å². The molecule has 0 heterocycles. The van der Waals surface area contributed by atoms with Gasteiger partial charge in [-0.1, -0.05) is 24.3 Å². The molecule has 7 N–H and O–H groups in total. The van der Waals surface area contributed by atoms with Crippen molar-refractivity contribution in [1.29, 1.82) is 0 Å². The second-order valence-corrected chi connectivity index (χ2v) is 17.5. The molecule has 27 nitrogen and oxygen atoms in total. The number of aldehydes is 1. The molecule has 0 aromatic heterocycles. The SMILES string of the molecule is C=NCC(=O)NCC(=O)N[C@@H](Cc1ccc(O)cc1)C(=O)N[C@@H](CCCCNC(=O)CCOCCOCCOCCOCCOCCOCCOCCOCCOCCOCCOCCOCCNC(=O)c1ccc(C=O)cc1)C(=O)O. The van der Waals surface area contributed by atoms with E-state index < -0.39 is 42.3 Å². The number of rotatable bonds is 56. The minimum Gasteiger partial charge on any atom is -0.508 e. The van der Waals surface area contributed by atoms with E-state index in [1.165, 1.54) is 12.1 Å². The molecular weight excluding hydrogens is 1080 g/mol. The largest absolute Gasteiger partial charge is 0.508 e. The van der Waals surface area contributed by atoms with E-state index in [2.05, 4.69) is 38.3 Å². The normalized spacial score (nSPS) is 11.8. The maximum Gasteiger partial charge on any atom is 0.326 e. The van der Waals surface area contributed by atoms with Gasteiger partial charge in [0.25, 0.3) is 5.91 Å². The van der Waals surface area contributed by atoms with Crippen molar-refractivity contribution in [3.8, 4) is 5.75 Å². The average molecular weight is 1170 g/mol. The number of benzene rings is 2. The molecule has 0 fully saturated rings. The summed E-state index contributed by atoms with van der Waals surface area (Å²) in [4.78, 5) is 87.9. The Morgan fingerprint density at radius 3 is 1.35 bits per heavy atom. The van der Waals surface area contributed by atoms with Crippen LogP contribution in [0.5, 0.6) is 5.75 Å². The Morgan fingerprint density at radius 1 is 0.488 bits per heavy atom. The van der Waals surface area contributed by atoms with Gasteiger partial charge in [0.15, 0.2) is 0 Å². The lowest BCUT2D eigenvalue weighted by Crippen LogP contribution is -2.54. The lowest BCUT2D eigenvalue weighted by Gasteiger charge is -2.22. The number of aliphatic imine (C=N–C) groups is 1. The fourth-order valence-electron chi connectivity index (χ4n) is 6.72. The Bertz CT molecular complexity index is 2020. The Morgan fingerprint density at radius 2 is 0.927 bits per heavy atom. The van der Waals surface area contributed by atoms with E-state index in [1.54, 1.807) is 36.4 Å². The molecule has 0 saturated carbocycles. The van der Waals surface area contributed by atoms with Crippen LogP contribution in [-0.2, 0) is 87.2 Å². The highest BCUT2D eigenvalue weighted by Gasteiger charge is 2.27. The lowest BCUT2D eigenvalue weighted by atomic mass is 10.0. The fourth-order valence-corrected chi connectivity index (χ4v) is 6.72. The first-order valence-electron chi connectivity index (χ1n) is 27.3. The van der Waals surface area contributed by atoms with E-state index in [0.717, 1.165) is 6.29 Å². The molecule has 5 amide bonds. The summed E-state index contributed by atoms with van der Waals surface area (Å²) < 4.78 is 65.8. The molecule has 0 unspecified atom stereocenters. The number of carbonyl (C=O) groups is 7. The summed E-state index contributed by atoms with van der Waals surface area (Å²) in [7, 11) is 0. The number of ether oxygens (including phenoxy) is 12. The minimum atomic E-state index is -1.27. The van der Waals surface area contributed by atoms with E-state index in [4.69, 9.17) is 56.8 Å². The predicted octanol–water partition coefficient (Wildman–Crippen LogP) is -0.0760. The molecule has 2 aromatic rings. The van der Waals surface area contributed by atoms with Gasteiger partial charge in [-0.15, -0.1) is 0 Å². The van der Waals surface area contributed by atoms with E-state index >= 15 is 0 Å². The number of nitrogens with one attached hydrogen (secondary N) is 5. The molecule has 0 bridgehead atoms. The summed E-state index contributed by atoms with van der Waals surface area (Å²) in [6.07, 6.45) is 1.70. The summed E-state index contributed by atoms with van der Waals surface area (Å²) in [5.41, 5.74) is 1.58. The van der Waals surface area contributed by atoms with E-state index in [1.807, 2.05) is 0 Å². The van der Waals surface area contributed by atoms with E-state index in [9.17, 15) is 43.8 Å². The predicted molar refractivity (Wildman–Crippen MR) is 296 cm³/mol. The first-order valence-corrected chi connectivity index (χ1v) is 27.3. The number of phenolic OH excluding ortho intramolecular Hbond substituents is 1. The van der Waals surface area contributed by atoms with Crippen LogP contribution in [0.3, 0.4) is 0 Å². The third-order valence-electron chi connectivity index (χ3n) is 11.0. The summed E-state index contributed by atoms with van der Waals surface area (Å²) in [5.74, 6) is -3.70. The highest BCUT2D eigenvalue weighted by Crippen LogP contribution is 2.12. The molecular formula is C55H86N6O21. The highest BCUT2D eigenvalue weighted by molar-refractivity contribution is 5.95. The van der Waals surface area contributed by atoms with Gasteiger partial charge in [-0.25, -0.2) is 4.79 Å². The van der Waals surface area contributed by atoms with Gasteiger partial charge in [0.1, 0.15) is 30.7 Å². The van der Waals surface area contributed by atoms with Crippen LogP contribution in [0.15, 0.2) is 53.5 Å². The smallest absolute Gasteiger partial charge is 0.326 e. The molecule has 82 heavy (non-hydrogen) atoms. The quantitative estimate of drug-likeness (QED) is 0.0259. The molecule has 462 valence electrons. The second-order valence-electron chi connectivity index (χ2n) is 17.5. The zero-order valence-electron chi connectivity index (χ0n) is 47.0. The first kappa shape index (κ1) is 72.0. The minimum absolute atomic E-state index is 0.00291. The van der Waals surface area contributed by atoms with Gasteiger partial charge < -0.3 is 93.6 Å². The average Bonchev–Trinajstić information content (AvgIpc) is 3.50. The number of carbonyl (C=O) groups excluding carboxylic acids is 6. The van der Waals surface area contributed by atoms with Crippen molar-refractivity contribution < 1.29 is 101 Å². The van der Waals surface area contributed by atoms with E-state index in [0.29, 0.717) is 188 Å². The van der Waals surface area contributed by atoms with Crippen LogP contribution in [0.1, 0.15) is 52.0 Å². The number of hydrogen-bond acceptors (Lipinski definition) is 21. The van der Waals surface area contributed by atoms with Crippen LogP contribution in [-0.4, -0.2) is 256 Å². The Kier molecular flexibility index (Phi) is 44.5. The molecule has 2 rings (SSSR count). The van der Waals surface area contributed by atoms with Crippen molar-refractivity contribution in [2.24, 2.45) is 4.99 Å². The number of hydrogen-bond donors (Lipinski definition) is 7. The van der Waals surface area contributed by atoms with Crippen LogP contribution < -0.4 is 26.6 Å². The van der Waals surface area contributed by atoms with Crippen LogP contribution in [0.25, 0.3) is 0 Å². The molecule has 2 aromatic carbocycles. The first-order chi connectivity index (χ1) is 40.0. The molecule has 0 saturated heterocycles. The molecule has 0 aliphatic carbocycles. The van der Waals surface area contributed by atoms with Crippen molar-refractivity contribution in [3.63, 3.8) is 0 Å². The van der Waals surface area contributed by atoms with Gasteiger partial charge in [-0.3, -0.25) is 33.8 Å². The van der Waals surface area contributed by atoms with Crippen molar-refractivity contribution >= 4 is 48.5 Å². The summed E-state index contributed by atoms with van der Waals surface area (Å²) >= 11 is 0. The van der Waals surface area contributed by atoms with Crippen LogP contribution in [0.2, 0.25) is 0 Å². The monoisotopic (exact) mass is 1170 g/mol. The third-order valence-corrected chi connectivity index (χ3v) is 11.0. The molecule has 0 aliphatic heterocycles. The number of amides is 5. The second kappa shape index (κ2) is 50.6. The van der Waals surface area contributed by atoms with Crippen LogP contribution >= 0.6 is 0 Å². The maximum atomic E-state index is 13.2. The van der Waals surface area contributed by atoms with Gasteiger partial charge in [0.2, 0.25) is 23.6 Å². The Hall–Kier alpha value is -6.08. The number of unbranched alkanes of at least 4 members (excludes halogenated alkanes) is 1. The molecule has 0 radical (unpaired) electrons. The van der Waals surface area contributed by atoms with Crippen LogP contribution in [0, 0.1) is 0 Å². The van der Waals surface area contributed by atoms with Gasteiger partial charge in [-0.2, -0.15) is 0 Å². The summed E-state index contributed by atoms with van der Waals surface area (Å²) in [6.45, 7) is 12.9. The van der Waals surface area contributed by atoms with Gasteiger partial charge in [0.05, 0.1) is 165 Å². The van der Waals surface area contributed by atoms with Crippen molar-refractivity contribution in [3.05, 3.63) is 65.2 Å². The standard InChI is InChI=1S/C55H86N6O21/c1-56-41-51(65)59-42-52(66)60-49(40-44-7-11-47(63)12-8-44)54(68)61-48(55(69)70)4-2-3-14-57-50(64)13-16-71-18-20-73-22-24-75-26-28-77-30-32-79-34-36-81-38-39-82-37-35-80-33-31-78-29-27-76-25-23-74-21-19-72-17-15-58-53(67)46-9-5-45(43-62)6-10-46/h5-12,43,48-49,63H,1-4,13-42H2,(H,57,64)(H,58,67)(H,59,65)(H,60,66)(H,61,68)(H,69,70)/t48-,49-/m0/s1. The zero-order chi connectivity index (χ0) is 59.4. The number of aliphatic carboxylic acids is 1. The van der Waals surface area contributed by atoms with Crippen molar-refractivity contribution in [1.82, 2.24) is 26.6 Å². The molecule has 2 atom stereocenters. The van der Waals surface area contributed by atoms with Gasteiger partial charge in [-0.05, 0) is 55.8 Å². The molecule has 27 heteroatoms. The summed E-state index contributed by atoms with van der Waals surface area (Å²) in [6, 6.07) is 9.86. The topological polar surface area (TPSA) is 343 Å². The number of aromatic hydroxyl groups is 1. The van der Waals surface area contributed by atoms with Crippen molar-refractivity contribution in [2.75, 3.05) is 185 Å². The number of carboxylic acid groups (broad SMARTS) is 1. The fraction of sp³-hybridized carbons (Fsp3) is 0.636. The van der Waals surface area contributed by atoms with Crippen LogP contribution in [0.4, 0.5) is 0 Å². The number of phenols is 1. The number of carboxylic acids is 1. The van der Waals surface area contributed by atoms with E-state index in [-0.39, 0.29) is 56.5 Å². The lowest BCUT2D eigenvalue weighted by molar-refractivity contribution is -0.142. The molecule has 0 spiro atoms. The molecule has 0 aliphatic rings. The Labute approximate surface area is 479 Å².